The van der Waals surface area contributed by atoms with Crippen molar-refractivity contribution in [3.8, 4) is 0 Å². The largest absolute Gasteiger partial charge is 0.369 e. The van der Waals surface area contributed by atoms with Crippen molar-refractivity contribution in [3.63, 3.8) is 0 Å². The fourth-order valence-electron chi connectivity index (χ4n) is 2.89. The van der Waals surface area contributed by atoms with E-state index in [1.807, 2.05) is 23.1 Å². The molecule has 1 aliphatic rings. The third-order valence-corrected chi connectivity index (χ3v) is 4.40. The molecule has 2 N–H and O–H groups in total. The number of piperidine rings is 1. The highest BCUT2D eigenvalue weighted by molar-refractivity contribution is 5.79. The molecule has 0 saturated carbocycles. The Morgan fingerprint density at radius 1 is 1.19 bits per heavy atom. The third kappa shape index (κ3) is 3.84. The second-order valence-corrected chi connectivity index (χ2v) is 6.48. The van der Waals surface area contributed by atoms with Gasteiger partial charge < -0.3 is 10.6 Å². The minimum atomic E-state index is -0.244. The molecule has 0 bridgehead atoms. The molecule has 0 radical (unpaired) electrons. The lowest BCUT2D eigenvalue weighted by molar-refractivity contribution is -0.135. The van der Waals surface area contributed by atoms with E-state index in [2.05, 4.69) is 26.0 Å². The number of carbonyl (C=O) groups is 2. The summed E-state index contributed by atoms with van der Waals surface area (Å²) in [5, 5.41) is 0. The number of hydrogen-bond donors (Lipinski definition) is 1. The second-order valence-electron chi connectivity index (χ2n) is 6.48. The van der Waals surface area contributed by atoms with Crippen LogP contribution in [0, 0.1) is 5.92 Å². The summed E-state index contributed by atoms with van der Waals surface area (Å²) in [6.45, 7) is 5.46. The van der Waals surface area contributed by atoms with E-state index in [1.54, 1.807) is 0 Å². The van der Waals surface area contributed by atoms with Crippen LogP contribution in [-0.2, 0) is 15.0 Å². The average molecular weight is 288 g/mol. The molecule has 4 heteroatoms. The van der Waals surface area contributed by atoms with E-state index in [1.165, 1.54) is 5.56 Å². The molecule has 21 heavy (non-hydrogen) atoms. The van der Waals surface area contributed by atoms with Crippen LogP contribution >= 0.6 is 0 Å². The molecule has 2 amide bonds. The summed E-state index contributed by atoms with van der Waals surface area (Å²) in [5.74, 6) is -0.158. The van der Waals surface area contributed by atoms with Crippen molar-refractivity contribution in [3.05, 3.63) is 35.9 Å². The Balaban J connectivity index is 1.94. The molecule has 0 aromatic heterocycles. The van der Waals surface area contributed by atoms with Crippen molar-refractivity contribution in [1.29, 1.82) is 0 Å². The van der Waals surface area contributed by atoms with Gasteiger partial charge in [0.15, 0.2) is 0 Å². The van der Waals surface area contributed by atoms with Crippen LogP contribution in [0.4, 0.5) is 0 Å². The zero-order chi connectivity index (χ0) is 15.5. The van der Waals surface area contributed by atoms with Gasteiger partial charge in [0, 0.05) is 25.4 Å². The molecule has 0 aliphatic carbocycles. The molecule has 2 rings (SSSR count). The normalized spacial score (nSPS) is 16.8. The first kappa shape index (κ1) is 15.5. The second kappa shape index (κ2) is 6.29. The maximum Gasteiger partial charge on any atom is 0.223 e. The lowest BCUT2D eigenvalue weighted by Crippen LogP contribution is -2.43. The van der Waals surface area contributed by atoms with Gasteiger partial charge in [-0.05, 0) is 23.8 Å². The molecular formula is C17H24N2O2. The molecule has 4 nitrogen and oxygen atoms in total. The summed E-state index contributed by atoms with van der Waals surface area (Å²) in [6, 6.07) is 10.1. The number of hydrogen-bond acceptors (Lipinski definition) is 2. The minimum absolute atomic E-state index is 0.0730. The van der Waals surface area contributed by atoms with Crippen molar-refractivity contribution >= 4 is 11.8 Å². The van der Waals surface area contributed by atoms with Crippen molar-refractivity contribution in [2.45, 2.75) is 38.5 Å². The van der Waals surface area contributed by atoms with Gasteiger partial charge in [0.1, 0.15) is 0 Å². The molecule has 1 fully saturated rings. The maximum atomic E-state index is 12.5. The molecule has 0 atom stereocenters. The highest BCUT2D eigenvalue weighted by Crippen LogP contribution is 2.28. The van der Waals surface area contributed by atoms with Crippen molar-refractivity contribution in [2.24, 2.45) is 11.7 Å². The fourth-order valence-corrected chi connectivity index (χ4v) is 2.89. The number of likely N-dealkylation sites (tertiary alicyclic amines) is 1. The van der Waals surface area contributed by atoms with E-state index in [0.717, 1.165) is 0 Å². The van der Waals surface area contributed by atoms with Crippen molar-refractivity contribution in [2.75, 3.05) is 13.1 Å². The van der Waals surface area contributed by atoms with E-state index in [9.17, 15) is 9.59 Å². The molecular weight excluding hydrogens is 264 g/mol. The Kier molecular flexibility index (Phi) is 4.66. The van der Waals surface area contributed by atoms with E-state index < -0.39 is 0 Å². The summed E-state index contributed by atoms with van der Waals surface area (Å²) in [7, 11) is 0. The van der Waals surface area contributed by atoms with Crippen LogP contribution in [0.15, 0.2) is 30.3 Å². The molecule has 1 aromatic rings. The lowest BCUT2D eigenvalue weighted by Gasteiger charge is -2.33. The van der Waals surface area contributed by atoms with Crippen LogP contribution in [0.2, 0.25) is 0 Å². The van der Waals surface area contributed by atoms with Gasteiger partial charge in [-0.3, -0.25) is 9.59 Å². The maximum absolute atomic E-state index is 12.5. The molecule has 114 valence electrons. The first-order valence-electron chi connectivity index (χ1n) is 7.53. The SMILES string of the molecule is CC(C)(CC(=O)N1CCC(C(N)=O)CC1)c1ccccc1. The van der Waals surface area contributed by atoms with Crippen LogP contribution in [0.1, 0.15) is 38.7 Å². The van der Waals surface area contributed by atoms with Crippen LogP contribution in [0.5, 0.6) is 0 Å². The highest BCUT2D eigenvalue weighted by Gasteiger charge is 2.30. The minimum Gasteiger partial charge on any atom is -0.369 e. The van der Waals surface area contributed by atoms with E-state index >= 15 is 0 Å². The number of primary amides is 1. The van der Waals surface area contributed by atoms with Gasteiger partial charge in [-0.15, -0.1) is 0 Å². The van der Waals surface area contributed by atoms with Crippen LogP contribution in [0.3, 0.4) is 0 Å². The first-order valence-corrected chi connectivity index (χ1v) is 7.53. The molecule has 0 unspecified atom stereocenters. The predicted molar refractivity (Wildman–Crippen MR) is 82.6 cm³/mol. The highest BCUT2D eigenvalue weighted by atomic mass is 16.2. The zero-order valence-electron chi connectivity index (χ0n) is 12.8. The number of amides is 2. The number of benzene rings is 1. The Bertz CT molecular complexity index is 503. The third-order valence-electron chi connectivity index (χ3n) is 4.40. The molecule has 1 aliphatic heterocycles. The Hall–Kier alpha value is -1.84. The van der Waals surface area contributed by atoms with Gasteiger partial charge in [0.05, 0.1) is 0 Å². The van der Waals surface area contributed by atoms with Gasteiger partial charge in [-0.1, -0.05) is 44.2 Å². The Morgan fingerprint density at radius 3 is 2.29 bits per heavy atom. The van der Waals surface area contributed by atoms with Crippen molar-refractivity contribution in [1.82, 2.24) is 4.90 Å². The number of rotatable bonds is 4. The van der Waals surface area contributed by atoms with E-state index in [0.29, 0.717) is 32.4 Å². The number of carbonyl (C=O) groups excluding carboxylic acids is 2. The lowest BCUT2D eigenvalue weighted by atomic mass is 9.81. The standard InChI is InChI=1S/C17H24N2O2/c1-17(2,14-6-4-3-5-7-14)12-15(20)19-10-8-13(9-11-19)16(18)21/h3-7,13H,8-12H2,1-2H3,(H2,18,21). The smallest absolute Gasteiger partial charge is 0.223 e. The van der Waals surface area contributed by atoms with Gasteiger partial charge in [0.2, 0.25) is 11.8 Å². The van der Waals surface area contributed by atoms with E-state index in [-0.39, 0.29) is 23.1 Å². The van der Waals surface area contributed by atoms with Crippen molar-refractivity contribution < 1.29 is 9.59 Å². The number of nitrogens with two attached hydrogens (primary N) is 1. The Morgan fingerprint density at radius 2 is 1.76 bits per heavy atom. The summed E-state index contributed by atoms with van der Waals surface area (Å²) in [5.41, 5.74) is 6.31. The summed E-state index contributed by atoms with van der Waals surface area (Å²) < 4.78 is 0. The van der Waals surface area contributed by atoms with Crippen LogP contribution < -0.4 is 5.73 Å². The molecule has 1 heterocycles. The Labute approximate surface area is 126 Å². The predicted octanol–water partition coefficient (Wildman–Crippen LogP) is 2.08. The molecule has 1 saturated heterocycles. The quantitative estimate of drug-likeness (QED) is 0.922. The van der Waals surface area contributed by atoms with Gasteiger partial charge in [-0.2, -0.15) is 0 Å². The zero-order valence-corrected chi connectivity index (χ0v) is 12.8. The number of nitrogens with zero attached hydrogens (tertiary/aromatic N) is 1. The van der Waals surface area contributed by atoms with Crippen LogP contribution in [-0.4, -0.2) is 29.8 Å². The molecule has 1 aromatic carbocycles. The van der Waals surface area contributed by atoms with Gasteiger partial charge in [0.25, 0.3) is 0 Å². The fraction of sp³-hybridized carbons (Fsp3) is 0.529. The van der Waals surface area contributed by atoms with E-state index in [4.69, 9.17) is 5.73 Å². The summed E-state index contributed by atoms with van der Waals surface area (Å²) in [4.78, 5) is 25.5. The summed E-state index contributed by atoms with van der Waals surface area (Å²) in [6.07, 6.45) is 1.86. The molecule has 0 spiro atoms. The first-order chi connectivity index (χ1) is 9.90. The van der Waals surface area contributed by atoms with Gasteiger partial charge >= 0.3 is 0 Å². The monoisotopic (exact) mass is 288 g/mol. The topological polar surface area (TPSA) is 63.4 Å². The average Bonchev–Trinajstić information content (AvgIpc) is 2.48. The van der Waals surface area contributed by atoms with Gasteiger partial charge in [-0.25, -0.2) is 0 Å². The van der Waals surface area contributed by atoms with Crippen LogP contribution in [0.25, 0.3) is 0 Å². The summed E-state index contributed by atoms with van der Waals surface area (Å²) >= 11 is 0.